The van der Waals surface area contributed by atoms with E-state index in [1.54, 1.807) is 0 Å². The highest BCUT2D eigenvalue weighted by Crippen LogP contribution is 2.50. The van der Waals surface area contributed by atoms with Gasteiger partial charge < -0.3 is 14.9 Å². The number of allylic oxidation sites excluding steroid dienone is 5. The minimum absolute atomic E-state index is 0.142. The summed E-state index contributed by atoms with van der Waals surface area (Å²) in [6.45, 7) is 5.38. The zero-order chi connectivity index (χ0) is 41.8. The SMILES string of the molecule is O=C1CCC(CC2=CC(=O)c3cc4c(cc3C2=O)CCN(CC(=O)N2CC3(CCN(C5=CCC([C@@H]6c7ccc(O)cc7CC[C@@H]6c6ccccc6)C=C5)CC3)C2)CC4)C(=O)N1. The highest BCUT2D eigenvalue weighted by Gasteiger charge is 2.47. The van der Waals surface area contributed by atoms with Crippen molar-refractivity contribution in [2.24, 2.45) is 17.3 Å². The van der Waals surface area contributed by atoms with Gasteiger partial charge in [-0.25, -0.2) is 0 Å². The number of amides is 3. The van der Waals surface area contributed by atoms with Crippen molar-refractivity contribution < 1.29 is 29.1 Å². The Balaban J connectivity index is 0.711. The van der Waals surface area contributed by atoms with Crippen molar-refractivity contribution in [1.82, 2.24) is 20.0 Å². The lowest BCUT2D eigenvalue weighted by Gasteiger charge is -2.54. The number of benzene rings is 3. The highest BCUT2D eigenvalue weighted by molar-refractivity contribution is 6.24. The molecule has 2 N–H and O–H groups in total. The number of Topliss-reactive ketones (excluding diaryl/α,β-unsaturated/α-hetero) is 1. The molecule has 2 unspecified atom stereocenters. The smallest absolute Gasteiger partial charge is 0.236 e. The molecule has 0 bridgehead atoms. The van der Waals surface area contributed by atoms with Crippen molar-refractivity contribution in [1.29, 1.82) is 0 Å². The summed E-state index contributed by atoms with van der Waals surface area (Å²) in [5.41, 5.74) is 8.75. The number of phenols is 1. The molecule has 3 aliphatic carbocycles. The number of carbonyl (C=O) groups excluding carboxylic acids is 5. The van der Waals surface area contributed by atoms with E-state index in [9.17, 15) is 29.1 Å². The molecule has 3 fully saturated rings. The lowest BCUT2D eigenvalue weighted by atomic mass is 9.65. The number of carbonyl (C=O) groups is 5. The standard InChI is InChI=1S/C51H54N4O6/c56-40-12-14-42-36(25-40)8-13-41(32-4-2-1-3-5-32)48(42)33-6-10-39(11-7-33)54-22-18-51(19-23-54)30-55(31-51)47(59)29-53-20-16-34-26-43-44(27-35(34)17-21-53)49(60)38(28-45(43)57)24-37-9-15-46(58)52-50(37)61/h1-6,10-12,14,25-28,33,37,41,48,56H,7-9,13,15-24,29-31H2,(H,52,58,61)/t33?,37?,41-,48+/m1/s1. The first-order chi connectivity index (χ1) is 29.6. The molecule has 4 aliphatic heterocycles. The van der Waals surface area contributed by atoms with Gasteiger partial charge in [0.25, 0.3) is 0 Å². The summed E-state index contributed by atoms with van der Waals surface area (Å²) < 4.78 is 0. The lowest BCUT2D eigenvalue weighted by molar-refractivity contribution is -0.147. The highest BCUT2D eigenvalue weighted by atomic mass is 16.3. The van der Waals surface area contributed by atoms with Crippen LogP contribution in [0.15, 0.2) is 96.2 Å². The van der Waals surface area contributed by atoms with Gasteiger partial charge in [0.15, 0.2) is 11.6 Å². The average Bonchev–Trinajstić information content (AvgIpc) is 3.46. The molecule has 0 aromatic heterocycles. The summed E-state index contributed by atoms with van der Waals surface area (Å²) in [5, 5.41) is 12.6. The summed E-state index contributed by atoms with van der Waals surface area (Å²) in [6, 6.07) is 20.6. The third-order valence-corrected chi connectivity index (χ3v) is 15.1. The maximum absolute atomic E-state index is 13.6. The van der Waals surface area contributed by atoms with E-state index < -0.39 is 5.92 Å². The number of aryl methyl sites for hydroxylation is 1. The van der Waals surface area contributed by atoms with E-state index >= 15 is 0 Å². The Morgan fingerprint density at radius 1 is 0.820 bits per heavy atom. The van der Waals surface area contributed by atoms with E-state index in [4.69, 9.17) is 0 Å². The van der Waals surface area contributed by atoms with Gasteiger partial charge in [-0.2, -0.15) is 0 Å². The number of phenolic OH excluding ortho intramolecular Hbond substituents is 1. The second-order valence-electron chi connectivity index (χ2n) is 18.7. The number of nitrogens with one attached hydrogen (secondary N) is 1. The summed E-state index contributed by atoms with van der Waals surface area (Å²) in [5.74, 6) is 0.0592. The van der Waals surface area contributed by atoms with Gasteiger partial charge in [-0.3, -0.25) is 34.2 Å². The third kappa shape index (κ3) is 7.68. The number of ketones is 2. The Labute approximate surface area is 357 Å². The predicted octanol–water partition coefficient (Wildman–Crippen LogP) is 6.44. The van der Waals surface area contributed by atoms with Gasteiger partial charge in [0.05, 0.1) is 6.54 Å². The normalized spacial score (nSPS) is 26.0. The molecule has 0 radical (unpaired) electrons. The Bertz CT molecular complexity index is 2400. The zero-order valence-corrected chi connectivity index (χ0v) is 34.7. The van der Waals surface area contributed by atoms with Crippen LogP contribution in [-0.4, -0.2) is 94.9 Å². The Hall–Kier alpha value is -5.61. The summed E-state index contributed by atoms with van der Waals surface area (Å²) in [7, 11) is 0. The largest absolute Gasteiger partial charge is 0.508 e. The number of nitrogens with zero attached hydrogens (tertiary/aromatic N) is 3. The van der Waals surface area contributed by atoms with Crippen molar-refractivity contribution >= 4 is 29.3 Å². The number of hydrogen-bond acceptors (Lipinski definition) is 8. The molecule has 4 heterocycles. The van der Waals surface area contributed by atoms with Gasteiger partial charge in [0.2, 0.25) is 17.7 Å². The van der Waals surface area contributed by atoms with Crippen LogP contribution in [0.5, 0.6) is 5.75 Å². The van der Waals surface area contributed by atoms with E-state index in [1.165, 1.54) is 28.5 Å². The molecule has 3 amide bonds. The molecule has 0 saturated carbocycles. The summed E-state index contributed by atoms with van der Waals surface area (Å²) >= 11 is 0. The van der Waals surface area contributed by atoms with Gasteiger partial charge in [0, 0.05) is 79.4 Å². The fourth-order valence-corrected chi connectivity index (χ4v) is 11.6. The van der Waals surface area contributed by atoms with Gasteiger partial charge in [-0.15, -0.1) is 0 Å². The van der Waals surface area contributed by atoms with Gasteiger partial charge >= 0.3 is 0 Å². The molecule has 7 aliphatic rings. The molecule has 10 rings (SSSR count). The van der Waals surface area contributed by atoms with E-state index in [-0.39, 0.29) is 47.5 Å². The van der Waals surface area contributed by atoms with Crippen molar-refractivity contribution in [3.05, 3.63) is 135 Å². The van der Waals surface area contributed by atoms with Gasteiger partial charge in [-0.1, -0.05) is 48.6 Å². The Morgan fingerprint density at radius 3 is 2.30 bits per heavy atom. The number of hydrogen-bond donors (Lipinski definition) is 2. The number of aromatic hydroxyl groups is 1. The number of imide groups is 1. The van der Waals surface area contributed by atoms with E-state index in [0.717, 1.165) is 69.4 Å². The van der Waals surface area contributed by atoms with Crippen LogP contribution in [0.25, 0.3) is 0 Å². The van der Waals surface area contributed by atoms with Crippen LogP contribution in [0, 0.1) is 17.3 Å². The summed E-state index contributed by atoms with van der Waals surface area (Å²) in [4.78, 5) is 71.2. The zero-order valence-electron chi connectivity index (χ0n) is 34.7. The molecule has 4 atom stereocenters. The molecular weight excluding hydrogens is 765 g/mol. The average molecular weight is 819 g/mol. The fraction of sp³-hybridized carbons (Fsp3) is 0.431. The molecule has 3 aromatic rings. The molecular formula is C51H54N4O6. The predicted molar refractivity (Wildman–Crippen MR) is 231 cm³/mol. The molecule has 10 nitrogen and oxygen atoms in total. The molecule has 3 saturated heterocycles. The number of fused-ring (bicyclic) bond motifs is 3. The van der Waals surface area contributed by atoms with Crippen molar-refractivity contribution in [3.8, 4) is 5.75 Å². The third-order valence-electron chi connectivity index (χ3n) is 15.1. The molecule has 10 heteroatoms. The lowest BCUT2D eigenvalue weighted by Crippen LogP contribution is -2.63. The first kappa shape index (κ1) is 39.5. The summed E-state index contributed by atoms with van der Waals surface area (Å²) in [6.07, 6.45) is 15.9. The van der Waals surface area contributed by atoms with Crippen LogP contribution >= 0.6 is 0 Å². The monoisotopic (exact) mass is 818 g/mol. The Kier molecular flexibility index (Phi) is 10.4. The topological polar surface area (TPSA) is 127 Å². The quantitative estimate of drug-likeness (QED) is 0.261. The van der Waals surface area contributed by atoms with Crippen molar-refractivity contribution in [2.45, 2.75) is 76.0 Å². The van der Waals surface area contributed by atoms with Gasteiger partial charge in [-0.05, 0) is 140 Å². The first-order valence-electron chi connectivity index (χ1n) is 22.4. The second kappa shape index (κ2) is 16.0. The van der Waals surface area contributed by atoms with Crippen LogP contribution in [0.1, 0.15) is 105 Å². The van der Waals surface area contributed by atoms with Crippen LogP contribution < -0.4 is 5.32 Å². The fourth-order valence-electron chi connectivity index (χ4n) is 11.6. The molecule has 1 spiro atoms. The minimum Gasteiger partial charge on any atom is -0.508 e. The molecule has 61 heavy (non-hydrogen) atoms. The maximum Gasteiger partial charge on any atom is 0.236 e. The van der Waals surface area contributed by atoms with Crippen LogP contribution in [0.4, 0.5) is 0 Å². The maximum atomic E-state index is 13.6. The number of piperidine rings is 2. The minimum atomic E-state index is -0.507. The van der Waals surface area contributed by atoms with Crippen molar-refractivity contribution in [3.63, 3.8) is 0 Å². The molecule has 314 valence electrons. The van der Waals surface area contributed by atoms with Crippen molar-refractivity contribution in [2.75, 3.05) is 45.8 Å². The number of rotatable bonds is 7. The molecule has 3 aromatic carbocycles. The number of likely N-dealkylation sites (tertiary alicyclic amines) is 2. The Morgan fingerprint density at radius 2 is 1.57 bits per heavy atom. The first-order valence-corrected chi connectivity index (χ1v) is 22.4. The van der Waals surface area contributed by atoms with E-state index in [0.29, 0.717) is 79.1 Å². The van der Waals surface area contributed by atoms with E-state index in [1.807, 2.05) is 29.2 Å². The van der Waals surface area contributed by atoms with E-state index in [2.05, 4.69) is 69.7 Å². The second-order valence-corrected chi connectivity index (χ2v) is 18.7. The van der Waals surface area contributed by atoms with Gasteiger partial charge in [0.1, 0.15) is 5.75 Å². The van der Waals surface area contributed by atoms with Crippen LogP contribution in [0.2, 0.25) is 0 Å². The van der Waals surface area contributed by atoms with Crippen LogP contribution in [-0.2, 0) is 33.6 Å². The van der Waals surface area contributed by atoms with Crippen LogP contribution in [0.3, 0.4) is 0 Å².